The van der Waals surface area contributed by atoms with Crippen LogP contribution < -0.4 is 4.90 Å². The Morgan fingerprint density at radius 1 is 0.900 bits per heavy atom. The van der Waals surface area contributed by atoms with Crippen molar-refractivity contribution < 1.29 is 13.2 Å². The van der Waals surface area contributed by atoms with E-state index >= 15 is 0 Å². The Bertz CT molecular complexity index is 975. The lowest BCUT2D eigenvalue weighted by Crippen LogP contribution is -2.48. The van der Waals surface area contributed by atoms with E-state index in [1.807, 2.05) is 29.2 Å². The van der Waals surface area contributed by atoms with Gasteiger partial charge in [-0.15, -0.1) is 11.3 Å². The maximum atomic E-state index is 13.1. The van der Waals surface area contributed by atoms with Crippen LogP contribution >= 0.6 is 22.9 Å². The highest BCUT2D eigenvalue weighted by molar-refractivity contribution is 7.91. The summed E-state index contributed by atoms with van der Waals surface area (Å²) in [6.45, 7) is 3.57. The minimum absolute atomic E-state index is 0.0536. The number of benzene rings is 1. The number of piperazine rings is 1. The summed E-state index contributed by atoms with van der Waals surface area (Å²) < 4.78 is 28.0. The van der Waals surface area contributed by atoms with Crippen LogP contribution in [0, 0.1) is 0 Å². The molecule has 4 rings (SSSR count). The van der Waals surface area contributed by atoms with E-state index in [2.05, 4.69) is 4.90 Å². The molecule has 0 spiro atoms. The summed E-state index contributed by atoms with van der Waals surface area (Å²) in [7, 11) is -3.59. The SMILES string of the molecule is O=C(c1csc(S(=O)(=O)N2CCN(c3ccc(Cl)cc3)CC2)c1)N1CCCCCC1. The Labute approximate surface area is 187 Å². The highest BCUT2D eigenvalue weighted by Crippen LogP contribution is 2.27. The number of nitrogens with zero attached hydrogens (tertiary/aromatic N) is 3. The van der Waals surface area contributed by atoms with Crippen molar-refractivity contribution in [1.29, 1.82) is 0 Å². The molecule has 1 amide bonds. The van der Waals surface area contributed by atoms with Crippen LogP contribution in [0.5, 0.6) is 0 Å². The Morgan fingerprint density at radius 3 is 2.17 bits per heavy atom. The van der Waals surface area contributed by atoms with Gasteiger partial charge < -0.3 is 9.80 Å². The molecule has 0 radical (unpaired) electrons. The van der Waals surface area contributed by atoms with Crippen LogP contribution in [-0.4, -0.2) is 62.8 Å². The van der Waals surface area contributed by atoms with Crippen molar-refractivity contribution >= 4 is 44.6 Å². The number of thiophene rings is 1. The molecule has 0 saturated carbocycles. The second kappa shape index (κ2) is 9.26. The third kappa shape index (κ3) is 4.66. The average Bonchev–Trinajstić information content (AvgIpc) is 3.11. The third-order valence-electron chi connectivity index (χ3n) is 5.74. The lowest BCUT2D eigenvalue weighted by Gasteiger charge is -2.35. The second-order valence-corrected chi connectivity index (χ2v) is 11.2. The summed E-state index contributed by atoms with van der Waals surface area (Å²) in [5, 5.41) is 2.37. The van der Waals surface area contributed by atoms with E-state index in [9.17, 15) is 13.2 Å². The van der Waals surface area contributed by atoms with Gasteiger partial charge in [0.05, 0.1) is 5.56 Å². The highest BCUT2D eigenvalue weighted by Gasteiger charge is 2.31. The van der Waals surface area contributed by atoms with Gasteiger partial charge in [-0.3, -0.25) is 4.79 Å². The first-order valence-corrected chi connectivity index (χ1v) is 13.0. The fourth-order valence-corrected chi connectivity index (χ4v) is 6.84. The quantitative estimate of drug-likeness (QED) is 0.683. The molecule has 3 heterocycles. The molecule has 1 aromatic heterocycles. The Kier molecular flexibility index (Phi) is 6.67. The van der Waals surface area contributed by atoms with Gasteiger partial charge in [-0.25, -0.2) is 8.42 Å². The minimum Gasteiger partial charge on any atom is -0.369 e. The number of likely N-dealkylation sites (tertiary alicyclic amines) is 1. The highest BCUT2D eigenvalue weighted by atomic mass is 35.5. The van der Waals surface area contributed by atoms with Crippen molar-refractivity contribution in [2.75, 3.05) is 44.2 Å². The van der Waals surface area contributed by atoms with E-state index in [1.54, 1.807) is 11.4 Å². The summed E-state index contributed by atoms with van der Waals surface area (Å²) in [6, 6.07) is 9.14. The van der Waals surface area contributed by atoms with Crippen LogP contribution in [0.25, 0.3) is 0 Å². The molecule has 2 aromatic rings. The first-order chi connectivity index (χ1) is 14.4. The van der Waals surface area contributed by atoms with Crippen LogP contribution in [0.2, 0.25) is 5.02 Å². The first-order valence-electron chi connectivity index (χ1n) is 10.3. The predicted octanol–water partition coefficient (Wildman–Crippen LogP) is 3.93. The average molecular weight is 468 g/mol. The maximum Gasteiger partial charge on any atom is 0.254 e. The molecule has 0 bridgehead atoms. The van der Waals surface area contributed by atoms with Gasteiger partial charge in [0.15, 0.2) is 0 Å². The zero-order chi connectivity index (χ0) is 21.1. The number of sulfonamides is 1. The molecule has 0 aliphatic carbocycles. The van der Waals surface area contributed by atoms with Gasteiger partial charge in [-0.2, -0.15) is 4.31 Å². The Hall–Kier alpha value is -1.61. The molecule has 0 unspecified atom stereocenters. The molecular weight excluding hydrogens is 442 g/mol. The number of rotatable bonds is 4. The van der Waals surface area contributed by atoms with Gasteiger partial charge in [0.1, 0.15) is 4.21 Å². The molecule has 6 nitrogen and oxygen atoms in total. The van der Waals surface area contributed by atoms with Crippen molar-refractivity contribution in [3.05, 3.63) is 46.3 Å². The van der Waals surface area contributed by atoms with Gasteiger partial charge in [0.2, 0.25) is 0 Å². The first kappa shape index (κ1) is 21.6. The lowest BCUT2D eigenvalue weighted by atomic mass is 10.2. The zero-order valence-corrected chi connectivity index (χ0v) is 19.2. The van der Waals surface area contributed by atoms with Crippen molar-refractivity contribution in [3.8, 4) is 0 Å². The molecule has 162 valence electrons. The molecule has 2 fully saturated rings. The van der Waals surface area contributed by atoms with Gasteiger partial charge in [0, 0.05) is 55.4 Å². The predicted molar refractivity (Wildman–Crippen MR) is 121 cm³/mol. The van der Waals surface area contributed by atoms with Crippen LogP contribution in [-0.2, 0) is 10.0 Å². The van der Waals surface area contributed by atoms with Crippen molar-refractivity contribution in [2.45, 2.75) is 29.9 Å². The zero-order valence-electron chi connectivity index (χ0n) is 16.8. The van der Waals surface area contributed by atoms with E-state index in [1.165, 1.54) is 4.31 Å². The standard InChI is InChI=1S/C21H26ClN3O3S2/c22-18-5-7-19(8-6-18)23-11-13-25(14-12-23)30(27,28)20-15-17(16-29-20)21(26)24-9-3-1-2-4-10-24/h5-8,15-16H,1-4,9-14H2. The third-order valence-corrected chi connectivity index (χ3v) is 9.31. The molecule has 9 heteroatoms. The molecular formula is C21H26ClN3O3S2. The fraction of sp³-hybridized carbons (Fsp3) is 0.476. The Morgan fingerprint density at radius 2 is 1.53 bits per heavy atom. The molecule has 30 heavy (non-hydrogen) atoms. The summed E-state index contributed by atoms with van der Waals surface area (Å²) in [4.78, 5) is 16.8. The summed E-state index contributed by atoms with van der Waals surface area (Å²) >= 11 is 7.09. The van der Waals surface area contributed by atoms with E-state index in [0.29, 0.717) is 36.8 Å². The van der Waals surface area contributed by atoms with Gasteiger partial charge in [-0.1, -0.05) is 24.4 Å². The van der Waals surface area contributed by atoms with E-state index in [-0.39, 0.29) is 10.1 Å². The summed E-state index contributed by atoms with van der Waals surface area (Å²) in [5.74, 6) is -0.0536. The van der Waals surface area contributed by atoms with Crippen LogP contribution in [0.4, 0.5) is 5.69 Å². The summed E-state index contributed by atoms with van der Waals surface area (Å²) in [5.41, 5.74) is 1.53. The van der Waals surface area contributed by atoms with E-state index < -0.39 is 10.0 Å². The molecule has 2 saturated heterocycles. The largest absolute Gasteiger partial charge is 0.369 e. The number of carbonyl (C=O) groups excluding carboxylic acids is 1. The van der Waals surface area contributed by atoms with Gasteiger partial charge >= 0.3 is 0 Å². The summed E-state index contributed by atoms with van der Waals surface area (Å²) in [6.07, 6.45) is 4.32. The topological polar surface area (TPSA) is 60.9 Å². The van der Waals surface area contributed by atoms with Crippen molar-refractivity contribution in [3.63, 3.8) is 0 Å². The molecule has 2 aliphatic heterocycles. The molecule has 0 atom stereocenters. The van der Waals surface area contributed by atoms with Crippen LogP contribution in [0.15, 0.2) is 39.9 Å². The number of amides is 1. The molecule has 2 aliphatic rings. The monoisotopic (exact) mass is 467 g/mol. The van der Waals surface area contributed by atoms with Crippen molar-refractivity contribution in [2.24, 2.45) is 0 Å². The fourth-order valence-electron chi connectivity index (χ4n) is 3.99. The van der Waals surface area contributed by atoms with Crippen molar-refractivity contribution in [1.82, 2.24) is 9.21 Å². The van der Waals surface area contributed by atoms with Gasteiger partial charge in [-0.05, 0) is 43.2 Å². The molecule has 0 N–H and O–H groups in total. The smallest absolute Gasteiger partial charge is 0.254 e. The number of anilines is 1. The van der Waals surface area contributed by atoms with Gasteiger partial charge in [0.25, 0.3) is 15.9 Å². The second-order valence-electron chi connectivity index (χ2n) is 7.73. The van der Waals surface area contributed by atoms with E-state index in [0.717, 1.165) is 55.8 Å². The van der Waals surface area contributed by atoms with Crippen LogP contribution in [0.1, 0.15) is 36.0 Å². The number of carbonyl (C=O) groups is 1. The number of halogens is 1. The van der Waals surface area contributed by atoms with E-state index in [4.69, 9.17) is 11.6 Å². The lowest BCUT2D eigenvalue weighted by molar-refractivity contribution is 0.0762. The van der Waals surface area contributed by atoms with Crippen LogP contribution in [0.3, 0.4) is 0 Å². The maximum absolute atomic E-state index is 13.1. The minimum atomic E-state index is -3.59. The normalized spacial score (nSPS) is 19.0. The molecule has 1 aromatic carbocycles. The number of hydrogen-bond acceptors (Lipinski definition) is 5. The Balaban J connectivity index is 1.42. The number of hydrogen-bond donors (Lipinski definition) is 0.